The lowest BCUT2D eigenvalue weighted by Crippen LogP contribution is -2.39. The Hall–Kier alpha value is -1.38. The van der Waals surface area contributed by atoms with Crippen LogP contribution in [-0.2, 0) is 0 Å². The zero-order chi connectivity index (χ0) is 14.4. The van der Waals surface area contributed by atoms with Crippen LogP contribution in [-0.4, -0.2) is 21.6 Å². The summed E-state index contributed by atoms with van der Waals surface area (Å²) in [4.78, 5) is 13.8. The van der Waals surface area contributed by atoms with E-state index in [0.29, 0.717) is 0 Å². The second-order valence-electron chi connectivity index (χ2n) is 4.39. The molecule has 0 unspecified atom stereocenters. The molecule has 1 fully saturated rings. The predicted octanol–water partition coefficient (Wildman–Crippen LogP) is 3.57. The zero-order valence-corrected chi connectivity index (χ0v) is 11.3. The van der Waals surface area contributed by atoms with Gasteiger partial charge in [0.2, 0.25) is 0 Å². The number of halogens is 4. The number of nitro groups is 1. The summed E-state index contributed by atoms with van der Waals surface area (Å²) in [6.45, 7) is 1.45. The summed E-state index contributed by atoms with van der Waals surface area (Å²) in [7, 11) is 0. The summed E-state index contributed by atoms with van der Waals surface area (Å²) in [5.74, 6) is -0.0297. The molecular weight excluding hydrogens is 331 g/mol. The van der Waals surface area contributed by atoms with Gasteiger partial charge in [-0.05, 0) is 35.7 Å². The van der Waals surface area contributed by atoms with Crippen LogP contribution in [0.15, 0.2) is 10.7 Å². The van der Waals surface area contributed by atoms with E-state index in [-0.39, 0.29) is 34.4 Å². The third-order valence-corrected chi connectivity index (χ3v) is 4.05. The maximum Gasteiger partial charge on any atom is 0.411 e. The molecule has 0 amide bonds. The number of pyridine rings is 1. The SMILES string of the molecule is Cc1c([N+](=O)[O-])cnc(NC2(C(F)(F)F)CC2)c1Br. The number of hydrogen-bond donors (Lipinski definition) is 1. The molecule has 1 aliphatic rings. The van der Waals surface area contributed by atoms with Crippen molar-refractivity contribution in [1.82, 2.24) is 4.98 Å². The van der Waals surface area contributed by atoms with Crippen LogP contribution in [0, 0.1) is 17.0 Å². The van der Waals surface area contributed by atoms with Crippen LogP contribution in [0.2, 0.25) is 0 Å². The van der Waals surface area contributed by atoms with Gasteiger partial charge in [-0.3, -0.25) is 10.1 Å². The average Bonchev–Trinajstić information content (AvgIpc) is 3.05. The van der Waals surface area contributed by atoms with Crippen LogP contribution in [0.25, 0.3) is 0 Å². The first-order valence-electron chi connectivity index (χ1n) is 5.32. The first-order valence-corrected chi connectivity index (χ1v) is 6.12. The molecule has 1 aromatic heterocycles. The molecule has 9 heteroatoms. The van der Waals surface area contributed by atoms with Crippen molar-refractivity contribution >= 4 is 27.4 Å². The molecule has 0 saturated heterocycles. The van der Waals surface area contributed by atoms with Crippen LogP contribution in [0.4, 0.5) is 24.7 Å². The summed E-state index contributed by atoms with van der Waals surface area (Å²) >= 11 is 3.05. The van der Waals surface area contributed by atoms with Crippen molar-refractivity contribution < 1.29 is 18.1 Å². The summed E-state index contributed by atoms with van der Waals surface area (Å²) in [6, 6.07) is 0. The minimum Gasteiger partial charge on any atom is -0.355 e. The number of rotatable bonds is 3. The van der Waals surface area contributed by atoms with Gasteiger partial charge in [0.05, 0.1) is 9.40 Å². The highest BCUT2D eigenvalue weighted by Crippen LogP contribution is 2.51. The molecule has 1 heterocycles. The molecule has 0 atom stereocenters. The molecule has 1 saturated carbocycles. The van der Waals surface area contributed by atoms with E-state index in [2.05, 4.69) is 26.2 Å². The molecule has 0 bridgehead atoms. The molecule has 1 N–H and O–H groups in total. The lowest BCUT2D eigenvalue weighted by Gasteiger charge is -2.22. The van der Waals surface area contributed by atoms with Crippen LogP contribution in [0.3, 0.4) is 0 Å². The average molecular weight is 340 g/mol. The van der Waals surface area contributed by atoms with Crippen molar-refractivity contribution in [1.29, 1.82) is 0 Å². The Bertz CT molecular complexity index is 544. The van der Waals surface area contributed by atoms with Gasteiger partial charge in [-0.1, -0.05) is 0 Å². The Kier molecular flexibility index (Phi) is 3.20. The van der Waals surface area contributed by atoms with Gasteiger partial charge in [0, 0.05) is 5.56 Å². The normalized spacial score (nSPS) is 17.1. The maximum atomic E-state index is 12.8. The maximum absolute atomic E-state index is 12.8. The van der Waals surface area contributed by atoms with Gasteiger partial charge >= 0.3 is 6.18 Å². The fourth-order valence-electron chi connectivity index (χ4n) is 1.67. The second-order valence-corrected chi connectivity index (χ2v) is 5.19. The minimum absolute atomic E-state index is 0.0271. The molecule has 1 aliphatic carbocycles. The van der Waals surface area contributed by atoms with E-state index in [1.54, 1.807) is 0 Å². The van der Waals surface area contributed by atoms with Gasteiger partial charge in [0.25, 0.3) is 5.69 Å². The van der Waals surface area contributed by atoms with Gasteiger partial charge in [0.15, 0.2) is 0 Å². The summed E-state index contributed by atoms with van der Waals surface area (Å²) < 4.78 is 38.6. The van der Waals surface area contributed by atoms with Crippen LogP contribution in [0.1, 0.15) is 18.4 Å². The second kappa shape index (κ2) is 4.32. The lowest BCUT2D eigenvalue weighted by atomic mass is 10.2. The topological polar surface area (TPSA) is 68.1 Å². The van der Waals surface area contributed by atoms with Crippen LogP contribution < -0.4 is 5.32 Å². The molecule has 0 radical (unpaired) electrons. The number of nitrogens with zero attached hydrogens (tertiary/aromatic N) is 2. The van der Waals surface area contributed by atoms with Crippen molar-refractivity contribution in [2.45, 2.75) is 31.5 Å². The van der Waals surface area contributed by atoms with Gasteiger partial charge in [-0.2, -0.15) is 13.2 Å². The smallest absolute Gasteiger partial charge is 0.355 e. The molecular formula is C10H9BrF3N3O2. The number of hydrogen-bond acceptors (Lipinski definition) is 4. The largest absolute Gasteiger partial charge is 0.411 e. The Labute approximate surface area is 114 Å². The highest BCUT2D eigenvalue weighted by molar-refractivity contribution is 9.10. The van der Waals surface area contributed by atoms with Gasteiger partial charge in [-0.25, -0.2) is 4.98 Å². The van der Waals surface area contributed by atoms with Gasteiger partial charge < -0.3 is 5.32 Å². The van der Waals surface area contributed by atoms with E-state index in [9.17, 15) is 23.3 Å². The summed E-state index contributed by atoms with van der Waals surface area (Å²) in [6.07, 6.45) is -3.47. The van der Waals surface area contributed by atoms with Crippen molar-refractivity contribution in [3.05, 3.63) is 26.3 Å². The molecule has 104 valence electrons. The number of nitrogens with one attached hydrogen (secondary N) is 1. The van der Waals surface area contributed by atoms with Crippen molar-refractivity contribution in [3.8, 4) is 0 Å². The third-order valence-electron chi connectivity index (χ3n) is 3.08. The monoisotopic (exact) mass is 339 g/mol. The highest BCUT2D eigenvalue weighted by Gasteiger charge is 2.63. The molecule has 0 spiro atoms. The van der Waals surface area contributed by atoms with E-state index < -0.39 is 16.6 Å². The van der Waals surface area contributed by atoms with Gasteiger partial charge in [-0.15, -0.1) is 0 Å². The predicted molar refractivity (Wildman–Crippen MR) is 65.0 cm³/mol. The van der Waals surface area contributed by atoms with Crippen LogP contribution >= 0.6 is 15.9 Å². The summed E-state index contributed by atoms with van der Waals surface area (Å²) in [5, 5.41) is 13.0. The molecule has 2 rings (SSSR count). The van der Waals surface area contributed by atoms with E-state index in [4.69, 9.17) is 0 Å². The standard InChI is InChI=1S/C10H9BrF3N3O2/c1-5-6(17(18)19)4-15-8(7(5)11)16-9(2-3-9)10(12,13)14/h4H,2-3H2,1H3,(H,15,16). The van der Waals surface area contributed by atoms with Crippen LogP contribution in [0.5, 0.6) is 0 Å². The van der Waals surface area contributed by atoms with Crippen molar-refractivity contribution in [3.63, 3.8) is 0 Å². The zero-order valence-electron chi connectivity index (χ0n) is 9.71. The molecule has 19 heavy (non-hydrogen) atoms. The Morgan fingerprint density at radius 2 is 2.11 bits per heavy atom. The number of alkyl halides is 3. The number of aromatic nitrogens is 1. The molecule has 0 aliphatic heterocycles. The van der Waals surface area contributed by atoms with E-state index in [0.717, 1.165) is 6.20 Å². The van der Waals surface area contributed by atoms with Crippen molar-refractivity contribution in [2.24, 2.45) is 0 Å². The van der Waals surface area contributed by atoms with E-state index in [1.165, 1.54) is 6.92 Å². The van der Waals surface area contributed by atoms with E-state index in [1.807, 2.05) is 0 Å². The van der Waals surface area contributed by atoms with Gasteiger partial charge in [0.1, 0.15) is 17.6 Å². The molecule has 5 nitrogen and oxygen atoms in total. The Morgan fingerprint density at radius 1 is 1.53 bits per heavy atom. The van der Waals surface area contributed by atoms with Crippen molar-refractivity contribution in [2.75, 3.05) is 5.32 Å². The lowest BCUT2D eigenvalue weighted by molar-refractivity contribution is -0.385. The highest BCUT2D eigenvalue weighted by atomic mass is 79.9. The molecule has 0 aromatic carbocycles. The molecule has 1 aromatic rings. The minimum atomic E-state index is -4.37. The Balaban J connectivity index is 2.33. The van der Waals surface area contributed by atoms with E-state index >= 15 is 0 Å². The number of anilines is 1. The fraction of sp³-hybridized carbons (Fsp3) is 0.500. The quantitative estimate of drug-likeness (QED) is 0.675. The summed E-state index contributed by atoms with van der Waals surface area (Å²) in [5.41, 5.74) is -1.96. The first-order chi connectivity index (χ1) is 8.68. The first kappa shape index (κ1) is 14.0. The third kappa shape index (κ3) is 2.38. The fourth-order valence-corrected chi connectivity index (χ4v) is 2.08. The Morgan fingerprint density at radius 3 is 2.53 bits per heavy atom.